The van der Waals surface area contributed by atoms with Gasteiger partial charge in [0.1, 0.15) is 12.2 Å². The fourth-order valence-electron chi connectivity index (χ4n) is 3.37. The van der Waals surface area contributed by atoms with Crippen molar-refractivity contribution in [3.05, 3.63) is 47.7 Å². The number of ether oxygens (including phenoxy) is 1. The van der Waals surface area contributed by atoms with E-state index in [0.29, 0.717) is 28.3 Å². The normalized spacial score (nSPS) is 13.7. The number of esters is 1. The van der Waals surface area contributed by atoms with E-state index >= 15 is 0 Å². The molecule has 29 heavy (non-hydrogen) atoms. The molecule has 0 aliphatic heterocycles. The van der Waals surface area contributed by atoms with Crippen LogP contribution in [-0.4, -0.2) is 46.6 Å². The molecule has 0 atom stereocenters. The van der Waals surface area contributed by atoms with E-state index in [0.717, 1.165) is 24.1 Å². The molecule has 7 heteroatoms. The lowest BCUT2D eigenvalue weighted by molar-refractivity contribution is -0.141. The number of fused-ring (bicyclic) bond motifs is 1. The van der Waals surface area contributed by atoms with Gasteiger partial charge >= 0.3 is 5.97 Å². The highest BCUT2D eigenvalue weighted by molar-refractivity contribution is 6.10. The minimum Gasteiger partial charge on any atom is -0.468 e. The number of methoxy groups -OCH3 is 1. The molecule has 0 radical (unpaired) electrons. The summed E-state index contributed by atoms with van der Waals surface area (Å²) in [7, 11) is 1.31. The van der Waals surface area contributed by atoms with Crippen LogP contribution >= 0.6 is 0 Å². The molecule has 0 unspecified atom stereocenters. The van der Waals surface area contributed by atoms with E-state index in [9.17, 15) is 9.59 Å². The maximum atomic E-state index is 13.5. The number of rotatable bonds is 6. The van der Waals surface area contributed by atoms with E-state index in [1.54, 1.807) is 0 Å². The Balaban J connectivity index is 1.87. The monoisotopic (exact) mass is 393 g/mol. The van der Waals surface area contributed by atoms with E-state index in [-0.39, 0.29) is 18.5 Å². The van der Waals surface area contributed by atoms with Crippen LogP contribution in [0.3, 0.4) is 0 Å². The molecule has 4 rings (SSSR count). The first-order valence-electron chi connectivity index (χ1n) is 9.73. The highest BCUT2D eigenvalue weighted by Gasteiger charge is 2.31. The van der Waals surface area contributed by atoms with Gasteiger partial charge in [0.15, 0.2) is 0 Å². The quantitative estimate of drug-likeness (QED) is 0.592. The Hall–Kier alpha value is -3.22. The SMILES string of the molecule is COC(=O)CN(C(=O)c1cc(C2CC2)nc2onc(-c3ccccc3)c12)C(C)C. The van der Waals surface area contributed by atoms with Crippen molar-refractivity contribution >= 4 is 23.0 Å². The number of hydrogen-bond donors (Lipinski definition) is 0. The fraction of sp³-hybridized carbons (Fsp3) is 0.364. The Bertz CT molecular complexity index is 1050. The molecule has 0 N–H and O–H groups in total. The van der Waals surface area contributed by atoms with E-state index in [4.69, 9.17) is 9.26 Å². The van der Waals surface area contributed by atoms with Crippen LogP contribution in [0, 0.1) is 0 Å². The Morgan fingerprint density at radius 2 is 1.97 bits per heavy atom. The zero-order chi connectivity index (χ0) is 20.5. The van der Waals surface area contributed by atoms with Crippen molar-refractivity contribution in [1.29, 1.82) is 0 Å². The van der Waals surface area contributed by atoms with Gasteiger partial charge in [0.05, 0.1) is 18.1 Å². The summed E-state index contributed by atoms with van der Waals surface area (Å²) in [6, 6.07) is 11.2. The Morgan fingerprint density at radius 1 is 1.24 bits per heavy atom. The summed E-state index contributed by atoms with van der Waals surface area (Å²) in [6.45, 7) is 3.61. The van der Waals surface area contributed by atoms with Gasteiger partial charge in [-0.25, -0.2) is 4.98 Å². The van der Waals surface area contributed by atoms with Gasteiger partial charge in [-0.3, -0.25) is 9.59 Å². The van der Waals surface area contributed by atoms with E-state index in [1.165, 1.54) is 12.0 Å². The van der Waals surface area contributed by atoms with E-state index in [1.807, 2.05) is 50.2 Å². The third-order valence-electron chi connectivity index (χ3n) is 5.15. The highest BCUT2D eigenvalue weighted by atomic mass is 16.5. The first-order valence-corrected chi connectivity index (χ1v) is 9.73. The van der Waals surface area contributed by atoms with Crippen LogP contribution in [-0.2, 0) is 9.53 Å². The largest absolute Gasteiger partial charge is 0.468 e. The molecular weight excluding hydrogens is 370 g/mol. The third kappa shape index (κ3) is 3.72. The van der Waals surface area contributed by atoms with Crippen molar-refractivity contribution in [3.63, 3.8) is 0 Å². The number of benzene rings is 1. The van der Waals surface area contributed by atoms with Crippen molar-refractivity contribution < 1.29 is 18.8 Å². The number of amides is 1. The molecule has 7 nitrogen and oxygen atoms in total. The number of pyridine rings is 1. The van der Waals surface area contributed by atoms with Gasteiger partial charge in [-0.2, -0.15) is 0 Å². The van der Waals surface area contributed by atoms with Crippen molar-refractivity contribution in [3.8, 4) is 11.3 Å². The molecular formula is C22H23N3O4. The van der Waals surface area contributed by atoms with Gasteiger partial charge in [-0.1, -0.05) is 35.5 Å². The molecule has 2 heterocycles. The van der Waals surface area contributed by atoms with Crippen LogP contribution in [0.25, 0.3) is 22.4 Å². The molecule has 2 aromatic heterocycles. The van der Waals surface area contributed by atoms with Crippen molar-refractivity contribution in [1.82, 2.24) is 15.0 Å². The van der Waals surface area contributed by atoms with E-state index < -0.39 is 5.97 Å². The molecule has 150 valence electrons. The van der Waals surface area contributed by atoms with E-state index in [2.05, 4.69) is 10.1 Å². The van der Waals surface area contributed by atoms with Crippen LogP contribution in [0.1, 0.15) is 48.7 Å². The first-order chi connectivity index (χ1) is 14.0. The van der Waals surface area contributed by atoms with Gasteiger partial charge in [-0.05, 0) is 32.8 Å². The number of carbonyl (C=O) groups is 2. The minimum absolute atomic E-state index is 0.123. The molecule has 0 bridgehead atoms. The Labute approximate surface area is 168 Å². The third-order valence-corrected chi connectivity index (χ3v) is 5.15. The number of nitrogens with zero attached hydrogens (tertiary/aromatic N) is 3. The van der Waals surface area contributed by atoms with Crippen LogP contribution in [0.15, 0.2) is 40.9 Å². The second-order valence-corrected chi connectivity index (χ2v) is 7.55. The molecule has 1 saturated carbocycles. The molecule has 1 aromatic carbocycles. The maximum Gasteiger partial charge on any atom is 0.325 e. The summed E-state index contributed by atoms with van der Waals surface area (Å²) in [5.41, 5.74) is 3.04. The Kier molecular flexibility index (Phi) is 5.05. The summed E-state index contributed by atoms with van der Waals surface area (Å²) >= 11 is 0. The smallest absolute Gasteiger partial charge is 0.325 e. The van der Waals surface area contributed by atoms with Crippen molar-refractivity contribution in [2.75, 3.05) is 13.7 Å². The lowest BCUT2D eigenvalue weighted by atomic mass is 10.0. The van der Waals surface area contributed by atoms with Crippen molar-refractivity contribution in [2.45, 2.75) is 38.6 Å². The predicted octanol–water partition coefficient (Wildman–Crippen LogP) is 3.79. The lowest BCUT2D eigenvalue weighted by Gasteiger charge is -2.26. The minimum atomic E-state index is -0.464. The average molecular weight is 393 g/mol. The average Bonchev–Trinajstić information content (AvgIpc) is 3.50. The molecule has 1 fully saturated rings. The molecule has 1 amide bonds. The number of carbonyl (C=O) groups excluding carboxylic acids is 2. The van der Waals surface area contributed by atoms with Crippen LogP contribution in [0.4, 0.5) is 0 Å². The predicted molar refractivity (Wildman–Crippen MR) is 107 cm³/mol. The van der Waals surface area contributed by atoms with Gasteiger partial charge in [-0.15, -0.1) is 0 Å². The fourth-order valence-corrected chi connectivity index (χ4v) is 3.37. The van der Waals surface area contributed by atoms with Gasteiger partial charge in [0, 0.05) is 23.2 Å². The van der Waals surface area contributed by atoms with Crippen LogP contribution in [0.2, 0.25) is 0 Å². The lowest BCUT2D eigenvalue weighted by Crippen LogP contribution is -2.41. The number of aromatic nitrogens is 2. The standard InChI is InChI=1S/C22H23N3O4/c1-13(2)25(12-18(26)28-3)22(27)16-11-17(14-9-10-14)23-21-19(16)20(24-29-21)15-7-5-4-6-8-15/h4-8,11,13-14H,9-10,12H2,1-3H3. The maximum absolute atomic E-state index is 13.5. The van der Waals surface area contributed by atoms with Crippen molar-refractivity contribution in [2.24, 2.45) is 0 Å². The summed E-state index contributed by atoms with van der Waals surface area (Å²) in [5.74, 6) is -0.391. The molecule has 1 aliphatic carbocycles. The summed E-state index contributed by atoms with van der Waals surface area (Å²) in [5, 5.41) is 4.78. The molecule has 1 aliphatic rings. The zero-order valence-corrected chi connectivity index (χ0v) is 16.7. The highest BCUT2D eigenvalue weighted by Crippen LogP contribution is 2.41. The van der Waals surface area contributed by atoms with Crippen LogP contribution in [0.5, 0.6) is 0 Å². The molecule has 0 saturated heterocycles. The molecule has 0 spiro atoms. The van der Waals surface area contributed by atoms with Gasteiger partial charge < -0.3 is 14.2 Å². The first kappa shape index (κ1) is 19.1. The molecule has 3 aromatic rings. The summed E-state index contributed by atoms with van der Waals surface area (Å²) in [4.78, 5) is 31.6. The second-order valence-electron chi connectivity index (χ2n) is 7.55. The Morgan fingerprint density at radius 3 is 2.59 bits per heavy atom. The van der Waals surface area contributed by atoms with Crippen LogP contribution < -0.4 is 0 Å². The number of hydrogen-bond acceptors (Lipinski definition) is 6. The zero-order valence-electron chi connectivity index (χ0n) is 16.7. The summed E-state index contributed by atoms with van der Waals surface area (Å²) in [6.07, 6.45) is 2.09. The topological polar surface area (TPSA) is 85.5 Å². The van der Waals surface area contributed by atoms with Gasteiger partial charge in [0.2, 0.25) is 0 Å². The van der Waals surface area contributed by atoms with Gasteiger partial charge in [0.25, 0.3) is 11.6 Å². The summed E-state index contributed by atoms with van der Waals surface area (Å²) < 4.78 is 10.3. The second kappa shape index (κ2) is 7.66.